The first-order valence-corrected chi connectivity index (χ1v) is 8.79. The van der Waals surface area contributed by atoms with Gasteiger partial charge in [0.1, 0.15) is 12.1 Å². The number of H-pyrrole nitrogens is 1. The van der Waals surface area contributed by atoms with E-state index in [9.17, 15) is 24.3 Å². The predicted octanol–water partition coefficient (Wildman–Crippen LogP) is -2.17. The van der Waals surface area contributed by atoms with Crippen molar-refractivity contribution >= 4 is 34.6 Å². The molecule has 0 aliphatic heterocycles. The van der Waals surface area contributed by atoms with E-state index in [-0.39, 0.29) is 6.42 Å². The lowest BCUT2D eigenvalue weighted by Crippen LogP contribution is -2.49. The summed E-state index contributed by atoms with van der Waals surface area (Å²) < 4.78 is 0. The van der Waals surface area contributed by atoms with Crippen molar-refractivity contribution in [3.8, 4) is 0 Å². The number of para-hydroxylation sites is 1. The van der Waals surface area contributed by atoms with Crippen LogP contribution in [0, 0.1) is 0 Å². The number of carboxylic acids is 1. The molecule has 3 amide bonds. The molecule has 0 aliphatic carbocycles. The molecule has 1 heterocycles. The fraction of sp³-hybridized carbons (Fsp3) is 0.333. The predicted molar refractivity (Wildman–Crippen MR) is 103 cm³/mol. The SMILES string of the molecule is NC(CO)C(=O)NCC(=O)NCC(=O)NC(Cc1c[nH]c2ccccc12)C(=O)O. The zero-order valence-corrected chi connectivity index (χ0v) is 15.5. The number of aliphatic carboxylic acids is 1. The normalized spacial score (nSPS) is 12.8. The van der Waals surface area contributed by atoms with E-state index in [2.05, 4.69) is 20.9 Å². The lowest BCUT2D eigenvalue weighted by molar-refractivity contribution is -0.141. The van der Waals surface area contributed by atoms with Gasteiger partial charge >= 0.3 is 5.97 Å². The Kier molecular flexibility index (Phi) is 7.69. The molecule has 0 aliphatic rings. The fourth-order valence-electron chi connectivity index (χ4n) is 2.59. The molecule has 1 aromatic heterocycles. The van der Waals surface area contributed by atoms with Crippen molar-refractivity contribution in [2.24, 2.45) is 5.73 Å². The second-order valence-electron chi connectivity index (χ2n) is 6.31. The summed E-state index contributed by atoms with van der Waals surface area (Å²) in [5.74, 6) is -3.27. The number of amides is 3. The molecular weight excluding hydrogens is 382 g/mol. The molecule has 156 valence electrons. The van der Waals surface area contributed by atoms with Crippen molar-refractivity contribution in [3.05, 3.63) is 36.0 Å². The molecule has 0 spiro atoms. The van der Waals surface area contributed by atoms with Gasteiger partial charge in [-0.2, -0.15) is 0 Å². The Morgan fingerprint density at radius 1 is 1.07 bits per heavy atom. The maximum Gasteiger partial charge on any atom is 0.326 e. The summed E-state index contributed by atoms with van der Waals surface area (Å²) in [6.45, 7) is -1.46. The minimum Gasteiger partial charge on any atom is -0.480 e. The quantitative estimate of drug-likeness (QED) is 0.234. The number of fused-ring (bicyclic) bond motifs is 1. The van der Waals surface area contributed by atoms with Gasteiger partial charge in [-0.15, -0.1) is 0 Å². The first-order chi connectivity index (χ1) is 13.8. The third-order valence-electron chi connectivity index (χ3n) is 4.14. The maximum absolute atomic E-state index is 12.0. The van der Waals surface area contributed by atoms with Crippen molar-refractivity contribution in [1.82, 2.24) is 20.9 Å². The van der Waals surface area contributed by atoms with Gasteiger partial charge in [-0.1, -0.05) is 18.2 Å². The molecule has 0 saturated heterocycles. The highest BCUT2D eigenvalue weighted by atomic mass is 16.4. The molecule has 29 heavy (non-hydrogen) atoms. The minimum atomic E-state index is -1.21. The molecule has 8 N–H and O–H groups in total. The lowest BCUT2D eigenvalue weighted by atomic mass is 10.1. The van der Waals surface area contributed by atoms with E-state index in [1.54, 1.807) is 6.20 Å². The van der Waals surface area contributed by atoms with Crippen molar-refractivity contribution in [2.75, 3.05) is 19.7 Å². The first-order valence-electron chi connectivity index (χ1n) is 8.79. The number of carboxylic acid groups (broad SMARTS) is 1. The molecule has 2 atom stereocenters. The minimum absolute atomic E-state index is 0.0636. The number of nitrogens with two attached hydrogens (primary N) is 1. The molecule has 0 fully saturated rings. The Hall–Kier alpha value is -3.44. The van der Waals surface area contributed by atoms with Gasteiger partial charge in [-0.25, -0.2) is 4.79 Å². The summed E-state index contributed by atoms with van der Waals surface area (Å²) in [7, 11) is 0. The van der Waals surface area contributed by atoms with E-state index < -0.39 is 55.5 Å². The molecule has 2 aromatic rings. The second-order valence-corrected chi connectivity index (χ2v) is 6.31. The number of hydrogen-bond donors (Lipinski definition) is 7. The molecule has 0 saturated carbocycles. The van der Waals surface area contributed by atoms with Crippen LogP contribution in [0.25, 0.3) is 10.9 Å². The highest BCUT2D eigenvalue weighted by Gasteiger charge is 2.22. The van der Waals surface area contributed by atoms with Crippen molar-refractivity contribution in [2.45, 2.75) is 18.5 Å². The number of aliphatic hydroxyl groups is 1. The van der Waals surface area contributed by atoms with Crippen LogP contribution in [0.2, 0.25) is 0 Å². The molecule has 11 heteroatoms. The zero-order valence-electron chi connectivity index (χ0n) is 15.5. The highest BCUT2D eigenvalue weighted by Crippen LogP contribution is 2.19. The highest BCUT2D eigenvalue weighted by molar-refractivity contribution is 5.91. The summed E-state index contributed by atoms with van der Waals surface area (Å²) >= 11 is 0. The van der Waals surface area contributed by atoms with E-state index >= 15 is 0 Å². The van der Waals surface area contributed by atoms with E-state index in [0.29, 0.717) is 0 Å². The Balaban J connectivity index is 1.84. The van der Waals surface area contributed by atoms with Crippen molar-refractivity contribution in [3.63, 3.8) is 0 Å². The molecule has 2 rings (SSSR count). The molecule has 2 unspecified atom stereocenters. The summed E-state index contributed by atoms with van der Waals surface area (Å²) in [4.78, 5) is 49.6. The van der Waals surface area contributed by atoms with Crippen molar-refractivity contribution < 1.29 is 29.4 Å². The van der Waals surface area contributed by atoms with Crippen LogP contribution in [0.4, 0.5) is 0 Å². The Morgan fingerprint density at radius 2 is 1.76 bits per heavy atom. The summed E-state index contributed by atoms with van der Waals surface area (Å²) in [6, 6.07) is 5.05. The molecule has 0 radical (unpaired) electrons. The van der Waals surface area contributed by atoms with Crippen LogP contribution in [0.1, 0.15) is 5.56 Å². The average Bonchev–Trinajstić information content (AvgIpc) is 3.12. The van der Waals surface area contributed by atoms with Gasteiger partial charge < -0.3 is 36.9 Å². The van der Waals surface area contributed by atoms with Crippen LogP contribution in [0.3, 0.4) is 0 Å². The number of carbonyl (C=O) groups excluding carboxylic acids is 3. The van der Waals surface area contributed by atoms with Crippen LogP contribution < -0.4 is 21.7 Å². The number of aromatic nitrogens is 1. The van der Waals surface area contributed by atoms with Crippen molar-refractivity contribution in [1.29, 1.82) is 0 Å². The number of aromatic amines is 1. The molecule has 0 bridgehead atoms. The maximum atomic E-state index is 12.0. The average molecular weight is 405 g/mol. The van der Waals surface area contributed by atoms with E-state index in [1.807, 2.05) is 24.3 Å². The lowest BCUT2D eigenvalue weighted by Gasteiger charge is -2.15. The van der Waals surface area contributed by atoms with Gasteiger partial charge in [0.25, 0.3) is 0 Å². The topological polar surface area (TPSA) is 187 Å². The van der Waals surface area contributed by atoms with Crippen LogP contribution in [0.5, 0.6) is 0 Å². The number of aliphatic hydroxyl groups excluding tert-OH is 1. The number of benzene rings is 1. The number of carbonyl (C=O) groups is 4. The van der Waals surface area contributed by atoms with Gasteiger partial charge in [0, 0.05) is 23.5 Å². The molecular formula is C18H23N5O6. The van der Waals surface area contributed by atoms with Gasteiger partial charge in [-0.05, 0) is 11.6 Å². The molecule has 1 aromatic carbocycles. The van der Waals surface area contributed by atoms with Gasteiger partial charge in [0.2, 0.25) is 17.7 Å². The standard InChI is InChI=1S/C18H23N5O6/c19-12(9-24)17(27)22-7-15(25)21-8-16(26)23-14(18(28)29)5-10-6-20-13-4-2-1-3-11(10)13/h1-4,6,12,14,20,24H,5,7-9,19H2,(H,21,25)(H,22,27)(H,23,26)(H,28,29). The van der Waals surface area contributed by atoms with E-state index in [1.165, 1.54) is 0 Å². The van der Waals surface area contributed by atoms with Gasteiger partial charge in [-0.3, -0.25) is 14.4 Å². The Morgan fingerprint density at radius 3 is 2.45 bits per heavy atom. The summed E-state index contributed by atoms with van der Waals surface area (Å²) in [5, 5.41) is 25.8. The molecule has 11 nitrogen and oxygen atoms in total. The zero-order chi connectivity index (χ0) is 21.4. The third-order valence-corrected chi connectivity index (χ3v) is 4.14. The van der Waals surface area contributed by atoms with Crippen LogP contribution in [-0.2, 0) is 25.6 Å². The van der Waals surface area contributed by atoms with E-state index in [0.717, 1.165) is 16.5 Å². The number of hydrogen-bond acceptors (Lipinski definition) is 6. The monoisotopic (exact) mass is 405 g/mol. The van der Waals surface area contributed by atoms with Crippen LogP contribution in [-0.4, -0.2) is 70.7 Å². The summed E-state index contributed by atoms with van der Waals surface area (Å²) in [5.41, 5.74) is 6.87. The number of nitrogens with one attached hydrogen (secondary N) is 4. The van der Waals surface area contributed by atoms with Gasteiger partial charge in [0.15, 0.2) is 0 Å². The third kappa shape index (κ3) is 6.30. The Bertz CT molecular complexity index is 896. The second kappa shape index (κ2) is 10.2. The van der Waals surface area contributed by atoms with Crippen LogP contribution >= 0.6 is 0 Å². The number of rotatable bonds is 10. The largest absolute Gasteiger partial charge is 0.480 e. The first kappa shape index (κ1) is 21.9. The van der Waals surface area contributed by atoms with E-state index in [4.69, 9.17) is 10.8 Å². The fourth-order valence-corrected chi connectivity index (χ4v) is 2.59. The smallest absolute Gasteiger partial charge is 0.326 e. The summed E-state index contributed by atoms with van der Waals surface area (Å²) in [6.07, 6.45) is 1.75. The van der Waals surface area contributed by atoms with Crippen LogP contribution in [0.15, 0.2) is 30.5 Å². The van der Waals surface area contributed by atoms with Gasteiger partial charge in [0.05, 0.1) is 19.7 Å². The Labute approximate surface area is 165 Å².